The Balaban J connectivity index is 1.92. The van der Waals surface area contributed by atoms with Crippen LogP contribution in [0.1, 0.15) is 34.6 Å². The zero-order valence-electron chi connectivity index (χ0n) is 17.2. The summed E-state index contributed by atoms with van der Waals surface area (Å²) >= 11 is 8.46. The molecular weight excluding hydrogens is 482 g/mol. The van der Waals surface area contributed by atoms with Crippen LogP contribution in [0.4, 0.5) is 0 Å². The number of nitrogens with one attached hydrogen (secondary N) is 3. The third kappa shape index (κ3) is 8.03. The van der Waals surface area contributed by atoms with Gasteiger partial charge in [-0.1, -0.05) is 42.4 Å². The van der Waals surface area contributed by atoms with Gasteiger partial charge in [-0.2, -0.15) is 0 Å². The Morgan fingerprint density at radius 2 is 1.81 bits per heavy atom. The maximum Gasteiger partial charge on any atom is 0.269 e. The molecule has 164 valence electrons. The van der Waals surface area contributed by atoms with E-state index in [1.807, 2.05) is 13.8 Å². The molecule has 0 unspecified atom stereocenters. The molecule has 0 aliphatic rings. The van der Waals surface area contributed by atoms with Crippen LogP contribution in [0.15, 0.2) is 59.6 Å². The van der Waals surface area contributed by atoms with Crippen LogP contribution < -0.4 is 25.6 Å². The van der Waals surface area contributed by atoms with Gasteiger partial charge >= 0.3 is 0 Å². The largest absolute Gasteiger partial charge is 0.492 e. The highest BCUT2D eigenvalue weighted by atomic mass is 79.9. The third-order valence-corrected chi connectivity index (χ3v) is 4.46. The van der Waals surface area contributed by atoms with Crippen LogP contribution in [0.25, 0.3) is 0 Å². The van der Waals surface area contributed by atoms with E-state index in [0.29, 0.717) is 41.8 Å². The summed E-state index contributed by atoms with van der Waals surface area (Å²) in [5.41, 5.74) is 5.67. The van der Waals surface area contributed by atoms with Gasteiger partial charge in [-0.3, -0.25) is 25.8 Å². The lowest BCUT2D eigenvalue weighted by atomic mass is 10.2. The second-order valence-electron chi connectivity index (χ2n) is 6.83. The smallest absolute Gasteiger partial charge is 0.269 e. The average Bonchev–Trinajstić information content (AvgIpc) is 2.75. The van der Waals surface area contributed by atoms with Gasteiger partial charge in [0.1, 0.15) is 18.1 Å². The zero-order chi connectivity index (χ0) is 22.8. The quantitative estimate of drug-likeness (QED) is 0.285. The number of hydrazine groups is 1. The minimum absolute atomic E-state index is 0.0564. The summed E-state index contributed by atoms with van der Waals surface area (Å²) in [6.45, 7) is 8.46. The predicted molar refractivity (Wildman–Crippen MR) is 127 cm³/mol. The zero-order valence-corrected chi connectivity index (χ0v) is 19.6. The Morgan fingerprint density at radius 1 is 1.10 bits per heavy atom. The molecule has 0 aliphatic heterocycles. The number of carbonyl (C=O) groups excluding carboxylic acids is 2. The molecule has 9 heteroatoms. The van der Waals surface area contributed by atoms with Crippen molar-refractivity contribution in [2.24, 2.45) is 5.92 Å². The van der Waals surface area contributed by atoms with Gasteiger partial charge in [-0.05, 0) is 60.6 Å². The number of thiocarbonyl (C=S) groups is 1. The summed E-state index contributed by atoms with van der Waals surface area (Å²) in [6.07, 6.45) is 1.63. The summed E-state index contributed by atoms with van der Waals surface area (Å²) in [4.78, 5) is 24.9. The molecule has 0 saturated carbocycles. The van der Waals surface area contributed by atoms with Crippen LogP contribution >= 0.6 is 28.1 Å². The van der Waals surface area contributed by atoms with E-state index in [-0.39, 0.29) is 5.11 Å². The van der Waals surface area contributed by atoms with Gasteiger partial charge in [0, 0.05) is 10.0 Å². The first-order chi connectivity index (χ1) is 14.8. The van der Waals surface area contributed by atoms with Crippen molar-refractivity contribution in [3.05, 3.63) is 70.7 Å². The first-order valence-electron chi connectivity index (χ1n) is 9.48. The number of amides is 2. The van der Waals surface area contributed by atoms with Gasteiger partial charge in [0.2, 0.25) is 0 Å². The molecule has 0 aromatic heterocycles. The molecule has 0 bridgehead atoms. The number of ether oxygens (including phenoxy) is 2. The van der Waals surface area contributed by atoms with Crippen LogP contribution in [0.3, 0.4) is 0 Å². The van der Waals surface area contributed by atoms with Crippen LogP contribution in [0.2, 0.25) is 0 Å². The highest BCUT2D eigenvalue weighted by Gasteiger charge is 2.16. The highest BCUT2D eigenvalue weighted by Crippen LogP contribution is 2.23. The average molecular weight is 506 g/mol. The first kappa shape index (κ1) is 24.4. The van der Waals surface area contributed by atoms with Gasteiger partial charge in [-0.25, -0.2) is 0 Å². The lowest BCUT2D eigenvalue weighted by molar-refractivity contribution is 0.0933. The predicted octanol–water partition coefficient (Wildman–Crippen LogP) is 4.00. The number of rotatable bonds is 8. The van der Waals surface area contributed by atoms with E-state index in [2.05, 4.69) is 38.7 Å². The standard InChI is InChI=1S/C22H24BrN3O4S/c1-4-11-29-17-8-5-15(6-9-17)20(27)25-26-22(31)24-21(28)18-12-16(23)7-10-19(18)30-13-14(2)3/h4-10,12,14H,1,11,13H2,2-3H3,(H,25,27)(H2,24,26,28,31). The lowest BCUT2D eigenvalue weighted by Crippen LogP contribution is -2.48. The molecule has 0 heterocycles. The van der Waals surface area contributed by atoms with Gasteiger partial charge in [0.15, 0.2) is 5.11 Å². The summed E-state index contributed by atoms with van der Waals surface area (Å²) in [5.74, 6) is 0.489. The molecule has 31 heavy (non-hydrogen) atoms. The van der Waals surface area contributed by atoms with Crippen molar-refractivity contribution in [2.45, 2.75) is 13.8 Å². The maximum absolute atomic E-state index is 12.6. The van der Waals surface area contributed by atoms with Crippen molar-refractivity contribution < 1.29 is 19.1 Å². The van der Waals surface area contributed by atoms with Gasteiger partial charge in [0.25, 0.3) is 11.8 Å². The van der Waals surface area contributed by atoms with Crippen molar-refractivity contribution >= 4 is 45.1 Å². The third-order valence-electron chi connectivity index (χ3n) is 3.76. The van der Waals surface area contributed by atoms with Crippen molar-refractivity contribution in [1.82, 2.24) is 16.2 Å². The molecule has 0 fully saturated rings. The Labute approximate surface area is 195 Å². The Hall–Kier alpha value is -2.91. The molecule has 2 aromatic rings. The lowest BCUT2D eigenvalue weighted by Gasteiger charge is -2.15. The number of hydrogen-bond donors (Lipinski definition) is 3. The Morgan fingerprint density at radius 3 is 2.45 bits per heavy atom. The molecule has 7 nitrogen and oxygen atoms in total. The molecule has 0 spiro atoms. The summed E-state index contributed by atoms with van der Waals surface area (Å²) in [7, 11) is 0. The SMILES string of the molecule is C=CCOc1ccc(C(=O)NNC(=S)NC(=O)c2cc(Br)ccc2OCC(C)C)cc1. The van der Waals surface area contributed by atoms with Crippen LogP contribution in [-0.2, 0) is 0 Å². The van der Waals surface area contributed by atoms with Crippen LogP contribution in [0, 0.1) is 5.92 Å². The summed E-state index contributed by atoms with van der Waals surface area (Å²) in [6, 6.07) is 11.7. The van der Waals surface area contributed by atoms with Gasteiger partial charge < -0.3 is 9.47 Å². The molecule has 0 radical (unpaired) electrons. The second kappa shape index (κ2) is 12.1. The summed E-state index contributed by atoms with van der Waals surface area (Å²) in [5, 5.41) is 2.47. The topological polar surface area (TPSA) is 88.7 Å². The number of benzene rings is 2. The summed E-state index contributed by atoms with van der Waals surface area (Å²) < 4.78 is 11.8. The number of carbonyl (C=O) groups is 2. The highest BCUT2D eigenvalue weighted by molar-refractivity contribution is 9.10. The van der Waals surface area contributed by atoms with E-state index >= 15 is 0 Å². The first-order valence-corrected chi connectivity index (χ1v) is 10.7. The van der Waals surface area contributed by atoms with Crippen molar-refractivity contribution in [1.29, 1.82) is 0 Å². The fourth-order valence-corrected chi connectivity index (χ4v) is 2.81. The number of halogens is 1. The van der Waals surface area contributed by atoms with E-state index in [1.54, 1.807) is 48.5 Å². The molecule has 2 amide bonds. The molecule has 0 aliphatic carbocycles. The molecule has 0 atom stereocenters. The van der Waals surface area contributed by atoms with E-state index in [1.165, 1.54) is 0 Å². The van der Waals surface area contributed by atoms with E-state index in [9.17, 15) is 9.59 Å². The van der Waals surface area contributed by atoms with Crippen LogP contribution in [-0.4, -0.2) is 30.1 Å². The van der Waals surface area contributed by atoms with Gasteiger partial charge in [0.05, 0.1) is 12.2 Å². The molecule has 3 N–H and O–H groups in total. The van der Waals surface area contributed by atoms with Crippen LogP contribution in [0.5, 0.6) is 11.5 Å². The van der Waals surface area contributed by atoms with E-state index in [4.69, 9.17) is 21.7 Å². The molecular formula is C22H24BrN3O4S. The normalized spacial score (nSPS) is 10.2. The Bertz CT molecular complexity index is 948. The maximum atomic E-state index is 12.6. The molecule has 2 aromatic carbocycles. The van der Waals surface area contributed by atoms with Crippen molar-refractivity contribution in [2.75, 3.05) is 13.2 Å². The van der Waals surface area contributed by atoms with Gasteiger partial charge in [-0.15, -0.1) is 0 Å². The minimum atomic E-state index is -0.462. The van der Waals surface area contributed by atoms with Crippen molar-refractivity contribution in [3.8, 4) is 11.5 Å². The fourth-order valence-electron chi connectivity index (χ4n) is 2.31. The molecule has 0 saturated heterocycles. The fraction of sp³-hybridized carbons (Fsp3) is 0.227. The number of hydrogen-bond acceptors (Lipinski definition) is 5. The van der Waals surface area contributed by atoms with Crippen molar-refractivity contribution in [3.63, 3.8) is 0 Å². The minimum Gasteiger partial charge on any atom is -0.492 e. The monoisotopic (exact) mass is 505 g/mol. The van der Waals surface area contributed by atoms with E-state index in [0.717, 1.165) is 4.47 Å². The second-order valence-corrected chi connectivity index (χ2v) is 8.16. The Kier molecular flexibility index (Phi) is 9.48. The van der Waals surface area contributed by atoms with E-state index < -0.39 is 11.8 Å². The molecule has 2 rings (SSSR count).